The van der Waals surface area contributed by atoms with Crippen molar-refractivity contribution in [2.24, 2.45) is 0 Å². The summed E-state index contributed by atoms with van der Waals surface area (Å²) in [6.07, 6.45) is 4.26. The van der Waals surface area contributed by atoms with Crippen molar-refractivity contribution < 1.29 is 14.7 Å². The second-order valence-electron chi connectivity index (χ2n) is 6.16. The van der Waals surface area contributed by atoms with E-state index in [0.29, 0.717) is 12.1 Å². The molecule has 1 heterocycles. The van der Waals surface area contributed by atoms with Gasteiger partial charge in [-0.25, -0.2) is 0 Å². The molecule has 1 saturated heterocycles. The van der Waals surface area contributed by atoms with Crippen LogP contribution in [0.4, 0.5) is 0 Å². The van der Waals surface area contributed by atoms with Crippen LogP contribution in [0.25, 0.3) is 0 Å². The Hall–Kier alpha value is -1.88. The second-order valence-corrected chi connectivity index (χ2v) is 6.16. The first kappa shape index (κ1) is 17.5. The lowest BCUT2D eigenvalue weighted by molar-refractivity contribution is -0.138. The Morgan fingerprint density at radius 1 is 1.22 bits per heavy atom. The highest BCUT2D eigenvalue weighted by Crippen LogP contribution is 2.15. The van der Waals surface area contributed by atoms with E-state index in [2.05, 4.69) is 0 Å². The van der Waals surface area contributed by atoms with Crippen LogP contribution < -0.4 is 0 Å². The quantitative estimate of drug-likeness (QED) is 0.839. The Morgan fingerprint density at radius 3 is 2.61 bits per heavy atom. The molecule has 126 valence electrons. The van der Waals surface area contributed by atoms with Crippen LogP contribution in [0.15, 0.2) is 24.3 Å². The van der Waals surface area contributed by atoms with Crippen molar-refractivity contribution in [1.82, 2.24) is 9.80 Å². The molecule has 1 N–H and O–H groups in total. The van der Waals surface area contributed by atoms with Gasteiger partial charge in [-0.1, -0.05) is 19.1 Å². The number of carbonyl (C=O) groups excluding carboxylic acids is 1. The molecule has 1 aliphatic heterocycles. The van der Waals surface area contributed by atoms with Crippen molar-refractivity contribution in [3.63, 3.8) is 0 Å². The summed E-state index contributed by atoms with van der Waals surface area (Å²) in [6.45, 7) is 5.02. The van der Waals surface area contributed by atoms with E-state index in [4.69, 9.17) is 5.11 Å². The smallest absolute Gasteiger partial charge is 0.317 e. The first-order chi connectivity index (χ1) is 11.1. The Balaban J connectivity index is 2.05. The van der Waals surface area contributed by atoms with Crippen molar-refractivity contribution in [3.05, 3.63) is 35.4 Å². The SMILES string of the molecule is CCCN(CC(=O)O)Cc1cccc(C(=O)N2CCCCC2)c1. The van der Waals surface area contributed by atoms with Gasteiger partial charge in [0.2, 0.25) is 0 Å². The lowest BCUT2D eigenvalue weighted by Crippen LogP contribution is -2.35. The summed E-state index contributed by atoms with van der Waals surface area (Å²) < 4.78 is 0. The van der Waals surface area contributed by atoms with Crippen LogP contribution in [0.5, 0.6) is 0 Å². The summed E-state index contributed by atoms with van der Waals surface area (Å²) in [7, 11) is 0. The fraction of sp³-hybridized carbons (Fsp3) is 0.556. The van der Waals surface area contributed by atoms with Gasteiger partial charge in [0.15, 0.2) is 0 Å². The molecule has 1 aromatic carbocycles. The van der Waals surface area contributed by atoms with Crippen LogP contribution >= 0.6 is 0 Å². The van der Waals surface area contributed by atoms with E-state index in [1.807, 2.05) is 41.0 Å². The van der Waals surface area contributed by atoms with Crippen molar-refractivity contribution in [1.29, 1.82) is 0 Å². The zero-order valence-electron chi connectivity index (χ0n) is 13.8. The highest BCUT2D eigenvalue weighted by atomic mass is 16.4. The fourth-order valence-electron chi connectivity index (χ4n) is 3.06. The molecule has 5 heteroatoms. The highest BCUT2D eigenvalue weighted by Gasteiger charge is 2.18. The van der Waals surface area contributed by atoms with Crippen LogP contribution in [0, 0.1) is 0 Å². The van der Waals surface area contributed by atoms with Gasteiger partial charge in [-0.3, -0.25) is 14.5 Å². The van der Waals surface area contributed by atoms with Gasteiger partial charge in [0.05, 0.1) is 6.54 Å². The molecule has 0 bridgehead atoms. The van der Waals surface area contributed by atoms with Crippen molar-refractivity contribution in [2.75, 3.05) is 26.2 Å². The maximum absolute atomic E-state index is 12.6. The number of hydrogen-bond donors (Lipinski definition) is 1. The normalized spacial score (nSPS) is 15.0. The molecule has 0 aromatic heterocycles. The number of aliphatic carboxylic acids is 1. The number of rotatable bonds is 7. The van der Waals surface area contributed by atoms with E-state index >= 15 is 0 Å². The van der Waals surface area contributed by atoms with Gasteiger partial charge in [-0.05, 0) is 49.9 Å². The molecule has 23 heavy (non-hydrogen) atoms. The van der Waals surface area contributed by atoms with E-state index in [0.717, 1.165) is 44.5 Å². The summed E-state index contributed by atoms with van der Waals surface area (Å²) in [6, 6.07) is 7.60. The van der Waals surface area contributed by atoms with Gasteiger partial charge >= 0.3 is 5.97 Å². The lowest BCUT2D eigenvalue weighted by Gasteiger charge is -2.27. The molecule has 1 fully saturated rings. The molecular formula is C18H26N2O3. The summed E-state index contributed by atoms with van der Waals surface area (Å²) >= 11 is 0. The molecule has 2 rings (SSSR count). The summed E-state index contributed by atoms with van der Waals surface area (Å²) in [5.41, 5.74) is 1.69. The third kappa shape index (κ3) is 5.36. The largest absolute Gasteiger partial charge is 0.480 e. The zero-order chi connectivity index (χ0) is 16.7. The molecule has 0 aliphatic carbocycles. The van der Waals surface area contributed by atoms with Gasteiger partial charge in [0, 0.05) is 25.2 Å². The Morgan fingerprint density at radius 2 is 1.96 bits per heavy atom. The summed E-state index contributed by atoms with van der Waals surface area (Å²) in [5, 5.41) is 9.00. The molecule has 0 unspecified atom stereocenters. The van der Waals surface area contributed by atoms with E-state index in [1.165, 1.54) is 6.42 Å². The second kappa shape index (κ2) is 8.67. The molecule has 0 spiro atoms. The number of carboxylic acid groups (broad SMARTS) is 1. The standard InChI is InChI=1S/C18H26N2O3/c1-2-9-19(14-17(21)22)13-15-7-6-8-16(12-15)18(23)20-10-4-3-5-11-20/h6-8,12H,2-5,9-11,13-14H2,1H3,(H,21,22). The third-order valence-electron chi connectivity index (χ3n) is 4.12. The molecule has 0 radical (unpaired) electrons. The number of carboxylic acids is 1. The average Bonchev–Trinajstić information content (AvgIpc) is 2.55. The maximum Gasteiger partial charge on any atom is 0.317 e. The number of carbonyl (C=O) groups is 2. The first-order valence-corrected chi connectivity index (χ1v) is 8.42. The number of piperidine rings is 1. The highest BCUT2D eigenvalue weighted by molar-refractivity contribution is 5.94. The van der Waals surface area contributed by atoms with E-state index < -0.39 is 5.97 Å². The van der Waals surface area contributed by atoms with E-state index in [1.54, 1.807) is 0 Å². The molecule has 0 saturated carbocycles. The number of nitrogens with zero attached hydrogens (tertiary/aromatic N) is 2. The Bertz CT molecular complexity index is 539. The molecule has 5 nitrogen and oxygen atoms in total. The monoisotopic (exact) mass is 318 g/mol. The topological polar surface area (TPSA) is 60.9 Å². The van der Waals surface area contributed by atoms with Crippen LogP contribution in [0.2, 0.25) is 0 Å². The van der Waals surface area contributed by atoms with Crippen molar-refractivity contribution in [2.45, 2.75) is 39.2 Å². The fourth-order valence-corrected chi connectivity index (χ4v) is 3.06. The predicted octanol–water partition coefficient (Wildman–Crippen LogP) is 2.61. The number of likely N-dealkylation sites (tertiary alicyclic amines) is 1. The van der Waals surface area contributed by atoms with Crippen molar-refractivity contribution in [3.8, 4) is 0 Å². The van der Waals surface area contributed by atoms with Gasteiger partial charge < -0.3 is 10.0 Å². The first-order valence-electron chi connectivity index (χ1n) is 8.42. The lowest BCUT2D eigenvalue weighted by atomic mass is 10.1. The third-order valence-corrected chi connectivity index (χ3v) is 4.12. The number of hydrogen-bond acceptors (Lipinski definition) is 3. The summed E-state index contributed by atoms with van der Waals surface area (Å²) in [5.74, 6) is -0.731. The molecule has 0 atom stereocenters. The van der Waals surface area contributed by atoms with Crippen LogP contribution in [0.1, 0.15) is 48.5 Å². The molecule has 1 aliphatic rings. The number of amides is 1. The minimum Gasteiger partial charge on any atom is -0.480 e. The van der Waals surface area contributed by atoms with Gasteiger partial charge in [-0.2, -0.15) is 0 Å². The average molecular weight is 318 g/mol. The predicted molar refractivity (Wildman–Crippen MR) is 89.4 cm³/mol. The summed E-state index contributed by atoms with van der Waals surface area (Å²) in [4.78, 5) is 27.3. The van der Waals surface area contributed by atoms with Gasteiger partial charge in [-0.15, -0.1) is 0 Å². The van der Waals surface area contributed by atoms with Crippen LogP contribution in [0.3, 0.4) is 0 Å². The molecule has 1 aromatic rings. The maximum atomic E-state index is 12.6. The molecule has 1 amide bonds. The molecular weight excluding hydrogens is 292 g/mol. The zero-order valence-corrected chi connectivity index (χ0v) is 13.8. The van der Waals surface area contributed by atoms with E-state index in [9.17, 15) is 9.59 Å². The minimum atomic E-state index is -0.820. The Labute approximate surface area is 137 Å². The number of benzene rings is 1. The van der Waals surface area contributed by atoms with Crippen LogP contribution in [-0.4, -0.2) is 53.0 Å². The van der Waals surface area contributed by atoms with Crippen LogP contribution in [-0.2, 0) is 11.3 Å². The van der Waals surface area contributed by atoms with Gasteiger partial charge in [0.25, 0.3) is 5.91 Å². The Kier molecular flexibility index (Phi) is 6.59. The van der Waals surface area contributed by atoms with Gasteiger partial charge in [0.1, 0.15) is 0 Å². The van der Waals surface area contributed by atoms with E-state index in [-0.39, 0.29) is 12.5 Å². The minimum absolute atomic E-state index is 0.0259. The van der Waals surface area contributed by atoms with Crippen molar-refractivity contribution >= 4 is 11.9 Å².